The molecule has 4 heteroatoms. The molecule has 3 rings (SSSR count). The highest BCUT2D eigenvalue weighted by Crippen LogP contribution is 2.48. The summed E-state index contributed by atoms with van der Waals surface area (Å²) in [5.74, 6) is 0.244. The second-order valence-electron chi connectivity index (χ2n) is 7.78. The van der Waals surface area contributed by atoms with Crippen molar-refractivity contribution in [2.24, 2.45) is 5.41 Å². The number of aliphatic hydroxyl groups is 1. The van der Waals surface area contributed by atoms with Gasteiger partial charge >= 0.3 is 0 Å². The molecule has 1 aliphatic heterocycles. The van der Waals surface area contributed by atoms with Gasteiger partial charge in [-0.2, -0.15) is 0 Å². The Balaban J connectivity index is 1.63. The van der Waals surface area contributed by atoms with Gasteiger partial charge in [-0.15, -0.1) is 0 Å². The van der Waals surface area contributed by atoms with Crippen LogP contribution in [0.3, 0.4) is 0 Å². The van der Waals surface area contributed by atoms with E-state index < -0.39 is 5.60 Å². The van der Waals surface area contributed by atoms with Gasteiger partial charge in [0.05, 0.1) is 17.6 Å². The van der Waals surface area contributed by atoms with Crippen LogP contribution in [0, 0.1) is 5.41 Å². The Labute approximate surface area is 151 Å². The predicted molar refractivity (Wildman–Crippen MR) is 99.8 cm³/mol. The number of carbonyl (C=O) groups excluding carboxylic acids is 1. The molecule has 1 amide bonds. The fourth-order valence-electron chi connectivity index (χ4n) is 4.19. The number of benzene rings is 1. The molecular weight excluding hydrogens is 314 g/mol. The van der Waals surface area contributed by atoms with Crippen molar-refractivity contribution in [2.45, 2.75) is 64.4 Å². The lowest BCUT2D eigenvalue weighted by Gasteiger charge is -2.40. The molecule has 1 aromatic carbocycles. The number of hydrogen-bond donors (Lipinski definition) is 1. The maximum atomic E-state index is 13.1. The standard InChI is InChI=1S/C21H31NO3/c1-3-15-25-16-21(24)11-9-20(10-12-21)13-14-22(19(20)23)18-7-5-17(4-2)6-8-18/h5-8,24H,3-4,9-16H2,1-2H3/t20-,21+. The Kier molecular flexibility index (Phi) is 5.49. The van der Waals surface area contributed by atoms with Crippen molar-refractivity contribution in [3.63, 3.8) is 0 Å². The molecule has 1 aliphatic carbocycles. The monoisotopic (exact) mass is 345 g/mol. The molecule has 1 heterocycles. The average molecular weight is 345 g/mol. The molecule has 2 aliphatic rings. The van der Waals surface area contributed by atoms with Gasteiger partial charge in [0.1, 0.15) is 0 Å². The Bertz CT molecular complexity index is 588. The number of nitrogens with zero attached hydrogens (tertiary/aromatic N) is 1. The van der Waals surface area contributed by atoms with Crippen molar-refractivity contribution in [3.05, 3.63) is 29.8 Å². The number of amides is 1. The first-order valence-corrected chi connectivity index (χ1v) is 9.73. The van der Waals surface area contributed by atoms with Crippen molar-refractivity contribution >= 4 is 11.6 Å². The van der Waals surface area contributed by atoms with Crippen LogP contribution in [0.1, 0.15) is 57.9 Å². The molecule has 1 aromatic rings. The van der Waals surface area contributed by atoms with Gasteiger partial charge in [-0.1, -0.05) is 26.0 Å². The van der Waals surface area contributed by atoms with Crippen LogP contribution in [0.2, 0.25) is 0 Å². The molecule has 0 unspecified atom stereocenters. The quantitative estimate of drug-likeness (QED) is 0.800. The predicted octanol–water partition coefficient (Wildman–Crippen LogP) is 3.70. The Morgan fingerprint density at radius 1 is 1.08 bits per heavy atom. The molecule has 0 bridgehead atoms. The SMILES string of the molecule is CCCOC[C@]1(O)CC[C@]2(CCN(c3ccc(CC)cc3)C2=O)CC1. The number of rotatable bonds is 6. The van der Waals surface area contributed by atoms with Crippen LogP contribution in [0.5, 0.6) is 0 Å². The third-order valence-corrected chi connectivity index (χ3v) is 6.03. The van der Waals surface area contributed by atoms with Crippen molar-refractivity contribution in [2.75, 3.05) is 24.7 Å². The van der Waals surface area contributed by atoms with E-state index in [0.29, 0.717) is 26.1 Å². The van der Waals surface area contributed by atoms with Crippen LogP contribution in [-0.4, -0.2) is 36.4 Å². The van der Waals surface area contributed by atoms with Gasteiger partial charge in [0.2, 0.25) is 5.91 Å². The van der Waals surface area contributed by atoms with Gasteiger partial charge in [-0.3, -0.25) is 4.79 Å². The molecule has 0 atom stereocenters. The first-order chi connectivity index (χ1) is 12.0. The fraction of sp³-hybridized carbons (Fsp3) is 0.667. The number of anilines is 1. The molecule has 1 spiro atoms. The Hall–Kier alpha value is -1.39. The molecule has 0 aromatic heterocycles. The van der Waals surface area contributed by atoms with Gasteiger partial charge in [-0.25, -0.2) is 0 Å². The summed E-state index contributed by atoms with van der Waals surface area (Å²) in [4.78, 5) is 15.1. The largest absolute Gasteiger partial charge is 0.387 e. The zero-order valence-corrected chi connectivity index (χ0v) is 15.6. The molecule has 1 N–H and O–H groups in total. The van der Waals surface area contributed by atoms with Gasteiger partial charge in [0.15, 0.2) is 0 Å². The molecule has 0 radical (unpaired) electrons. The number of hydrogen-bond acceptors (Lipinski definition) is 3. The molecular formula is C21H31NO3. The summed E-state index contributed by atoms with van der Waals surface area (Å²) in [5, 5.41) is 10.7. The van der Waals surface area contributed by atoms with Crippen molar-refractivity contribution in [1.82, 2.24) is 0 Å². The molecule has 1 saturated heterocycles. The van der Waals surface area contributed by atoms with E-state index in [9.17, 15) is 9.90 Å². The minimum Gasteiger partial charge on any atom is -0.387 e. The average Bonchev–Trinajstić information content (AvgIpc) is 2.95. The Morgan fingerprint density at radius 2 is 1.76 bits per heavy atom. The van der Waals surface area contributed by atoms with Crippen molar-refractivity contribution in [1.29, 1.82) is 0 Å². The maximum Gasteiger partial charge on any atom is 0.233 e. The van der Waals surface area contributed by atoms with E-state index in [1.54, 1.807) is 0 Å². The number of ether oxygens (including phenoxy) is 1. The van der Waals surface area contributed by atoms with Crippen LogP contribution >= 0.6 is 0 Å². The van der Waals surface area contributed by atoms with E-state index in [4.69, 9.17) is 4.74 Å². The highest BCUT2D eigenvalue weighted by molar-refractivity contribution is 6.00. The van der Waals surface area contributed by atoms with Crippen molar-refractivity contribution < 1.29 is 14.6 Å². The lowest BCUT2D eigenvalue weighted by atomic mass is 9.68. The minimum atomic E-state index is -0.753. The summed E-state index contributed by atoms with van der Waals surface area (Å²) in [6.45, 7) is 6.08. The van der Waals surface area contributed by atoms with E-state index in [2.05, 4.69) is 38.1 Å². The summed E-state index contributed by atoms with van der Waals surface area (Å²) in [7, 11) is 0. The third-order valence-electron chi connectivity index (χ3n) is 6.03. The fourth-order valence-corrected chi connectivity index (χ4v) is 4.19. The first kappa shape index (κ1) is 18.4. The molecule has 1 saturated carbocycles. The van der Waals surface area contributed by atoms with Gasteiger partial charge in [0, 0.05) is 18.8 Å². The highest BCUT2D eigenvalue weighted by Gasteiger charge is 2.51. The zero-order chi connectivity index (χ0) is 17.9. The normalized spacial score (nSPS) is 29.6. The number of aryl methyl sites for hydroxylation is 1. The summed E-state index contributed by atoms with van der Waals surface area (Å²) in [6, 6.07) is 8.34. The van der Waals surface area contributed by atoms with E-state index in [0.717, 1.165) is 44.3 Å². The molecule has 25 heavy (non-hydrogen) atoms. The lowest BCUT2D eigenvalue weighted by molar-refractivity contribution is -0.134. The second-order valence-corrected chi connectivity index (χ2v) is 7.78. The minimum absolute atomic E-state index is 0.244. The summed E-state index contributed by atoms with van der Waals surface area (Å²) < 4.78 is 5.57. The van der Waals surface area contributed by atoms with Crippen molar-refractivity contribution in [3.8, 4) is 0 Å². The highest BCUT2D eigenvalue weighted by atomic mass is 16.5. The maximum absolute atomic E-state index is 13.1. The van der Waals surface area contributed by atoms with Gasteiger partial charge < -0.3 is 14.7 Å². The third kappa shape index (κ3) is 3.75. The smallest absolute Gasteiger partial charge is 0.233 e. The zero-order valence-electron chi connectivity index (χ0n) is 15.6. The van der Waals surface area contributed by atoms with E-state index in [-0.39, 0.29) is 11.3 Å². The van der Waals surface area contributed by atoms with Crippen LogP contribution in [0.15, 0.2) is 24.3 Å². The van der Waals surface area contributed by atoms with E-state index in [1.807, 2.05) is 4.90 Å². The summed E-state index contributed by atoms with van der Waals surface area (Å²) in [6.07, 6.45) is 5.72. The van der Waals surface area contributed by atoms with Crippen LogP contribution in [0.25, 0.3) is 0 Å². The van der Waals surface area contributed by atoms with Gasteiger partial charge in [0.25, 0.3) is 0 Å². The summed E-state index contributed by atoms with van der Waals surface area (Å²) in [5.41, 5.74) is 1.27. The molecule has 4 nitrogen and oxygen atoms in total. The lowest BCUT2D eigenvalue weighted by Crippen LogP contribution is -2.45. The molecule has 138 valence electrons. The van der Waals surface area contributed by atoms with E-state index >= 15 is 0 Å². The first-order valence-electron chi connectivity index (χ1n) is 9.73. The van der Waals surface area contributed by atoms with E-state index in [1.165, 1.54) is 5.56 Å². The van der Waals surface area contributed by atoms with Gasteiger partial charge in [-0.05, 0) is 62.6 Å². The topological polar surface area (TPSA) is 49.8 Å². The Morgan fingerprint density at radius 3 is 2.36 bits per heavy atom. The van der Waals surface area contributed by atoms with Crippen LogP contribution in [0.4, 0.5) is 5.69 Å². The molecule has 2 fully saturated rings. The number of carbonyl (C=O) groups is 1. The summed E-state index contributed by atoms with van der Waals surface area (Å²) >= 11 is 0. The van der Waals surface area contributed by atoms with Crippen LogP contribution in [-0.2, 0) is 16.0 Å². The second kappa shape index (κ2) is 7.46. The van der Waals surface area contributed by atoms with Crippen LogP contribution < -0.4 is 4.90 Å².